The van der Waals surface area contributed by atoms with Crippen molar-refractivity contribution in [1.29, 1.82) is 0 Å². The van der Waals surface area contributed by atoms with Crippen LogP contribution in [0.3, 0.4) is 0 Å². The molecule has 9 heteroatoms. The molecule has 0 radical (unpaired) electrons. The molecule has 0 amide bonds. The zero-order valence-electron chi connectivity index (χ0n) is 18.9. The van der Waals surface area contributed by atoms with Gasteiger partial charge in [0.15, 0.2) is 0 Å². The van der Waals surface area contributed by atoms with Crippen molar-refractivity contribution in [3.05, 3.63) is 36.9 Å². The van der Waals surface area contributed by atoms with E-state index in [0.29, 0.717) is 18.5 Å². The van der Waals surface area contributed by atoms with E-state index in [4.69, 9.17) is 14.2 Å². The quantitative estimate of drug-likeness (QED) is 0.581. The lowest BCUT2D eigenvalue weighted by Gasteiger charge is -2.31. The number of nitrogens with one attached hydrogen (secondary N) is 1. The highest BCUT2D eigenvalue weighted by Gasteiger charge is 2.24. The number of nitrogens with zero attached hydrogens (tertiary/aromatic N) is 5. The van der Waals surface area contributed by atoms with Crippen LogP contribution in [0.25, 0.3) is 11.0 Å². The Bertz CT molecular complexity index is 1050. The fraction of sp³-hybridized carbons (Fsp3) is 0.500. The van der Waals surface area contributed by atoms with E-state index in [9.17, 15) is 0 Å². The number of fused-ring (bicyclic) bond motifs is 1. The molecule has 1 aromatic carbocycles. The predicted molar refractivity (Wildman–Crippen MR) is 126 cm³/mol. The van der Waals surface area contributed by atoms with Gasteiger partial charge in [0.25, 0.3) is 0 Å². The number of hydrogen-bond acceptors (Lipinski definition) is 9. The van der Waals surface area contributed by atoms with Gasteiger partial charge >= 0.3 is 0 Å². The lowest BCUT2D eigenvalue weighted by atomic mass is 9.93. The summed E-state index contributed by atoms with van der Waals surface area (Å²) in [6.07, 6.45) is 10.9. The van der Waals surface area contributed by atoms with E-state index in [1.165, 1.54) is 0 Å². The maximum Gasteiger partial charge on any atom is 0.232 e. The molecule has 2 aliphatic rings. The van der Waals surface area contributed by atoms with Crippen LogP contribution in [0.5, 0.6) is 11.6 Å². The van der Waals surface area contributed by atoms with Crippen LogP contribution in [0.4, 0.5) is 11.5 Å². The molecule has 3 heterocycles. The highest BCUT2D eigenvalue weighted by molar-refractivity contribution is 5.85. The zero-order valence-corrected chi connectivity index (χ0v) is 18.9. The van der Waals surface area contributed by atoms with Gasteiger partial charge in [-0.2, -0.15) is 0 Å². The highest BCUT2D eigenvalue weighted by atomic mass is 16.5. The van der Waals surface area contributed by atoms with Crippen LogP contribution in [0, 0.1) is 0 Å². The van der Waals surface area contributed by atoms with E-state index >= 15 is 0 Å². The van der Waals surface area contributed by atoms with Crippen molar-refractivity contribution in [2.45, 2.75) is 44.8 Å². The lowest BCUT2D eigenvalue weighted by Crippen LogP contribution is -2.36. The summed E-state index contributed by atoms with van der Waals surface area (Å²) in [5, 5.41) is 3.49. The molecule has 1 saturated carbocycles. The molecule has 33 heavy (non-hydrogen) atoms. The monoisotopic (exact) mass is 450 g/mol. The second-order valence-electron chi connectivity index (χ2n) is 8.38. The van der Waals surface area contributed by atoms with Crippen molar-refractivity contribution in [3.63, 3.8) is 0 Å². The molecular weight excluding hydrogens is 420 g/mol. The molecule has 2 fully saturated rings. The molecule has 0 spiro atoms. The first kappa shape index (κ1) is 21.6. The fourth-order valence-corrected chi connectivity index (χ4v) is 4.45. The second-order valence-corrected chi connectivity index (χ2v) is 8.38. The summed E-state index contributed by atoms with van der Waals surface area (Å²) in [5.74, 6) is 2.15. The molecule has 2 aromatic heterocycles. The van der Waals surface area contributed by atoms with Crippen LogP contribution in [-0.2, 0) is 4.74 Å². The number of ether oxygens (including phenoxy) is 3. The van der Waals surface area contributed by atoms with Crippen LogP contribution in [-0.4, -0.2) is 65.0 Å². The minimum atomic E-state index is 0.152. The van der Waals surface area contributed by atoms with Gasteiger partial charge in [0, 0.05) is 43.3 Å². The molecule has 1 saturated heterocycles. The van der Waals surface area contributed by atoms with Gasteiger partial charge in [0.1, 0.15) is 17.1 Å². The SMILES string of the molecule is CCOc1cnc(NC2CCC(Oc3cc(N4CCOCC4)cc4nccnc34)CC2)cn1. The summed E-state index contributed by atoms with van der Waals surface area (Å²) in [4.78, 5) is 20.1. The molecule has 3 aromatic rings. The second kappa shape index (κ2) is 10.2. The van der Waals surface area contributed by atoms with Crippen molar-refractivity contribution >= 4 is 22.5 Å². The van der Waals surface area contributed by atoms with Crippen molar-refractivity contribution < 1.29 is 14.2 Å². The van der Waals surface area contributed by atoms with E-state index in [-0.39, 0.29) is 6.10 Å². The largest absolute Gasteiger partial charge is 0.488 e. The Kier molecular flexibility index (Phi) is 6.66. The minimum absolute atomic E-state index is 0.152. The summed E-state index contributed by atoms with van der Waals surface area (Å²) in [6.45, 7) is 5.74. The summed E-state index contributed by atoms with van der Waals surface area (Å²) in [6, 6.07) is 4.56. The summed E-state index contributed by atoms with van der Waals surface area (Å²) in [7, 11) is 0. The number of benzene rings is 1. The first-order chi connectivity index (χ1) is 16.3. The average Bonchev–Trinajstić information content (AvgIpc) is 2.87. The van der Waals surface area contributed by atoms with Crippen LogP contribution in [0.2, 0.25) is 0 Å². The van der Waals surface area contributed by atoms with Crippen molar-refractivity contribution in [1.82, 2.24) is 19.9 Å². The molecule has 174 valence electrons. The van der Waals surface area contributed by atoms with Gasteiger partial charge < -0.3 is 24.4 Å². The summed E-state index contributed by atoms with van der Waals surface area (Å²) < 4.78 is 17.4. The Labute approximate surface area is 193 Å². The normalized spacial score (nSPS) is 21.1. The maximum atomic E-state index is 6.51. The zero-order chi connectivity index (χ0) is 22.5. The number of anilines is 2. The first-order valence-electron chi connectivity index (χ1n) is 11.7. The molecular formula is C24H30N6O3. The summed E-state index contributed by atoms with van der Waals surface area (Å²) in [5.41, 5.74) is 2.80. The van der Waals surface area contributed by atoms with E-state index in [1.54, 1.807) is 24.8 Å². The Morgan fingerprint density at radius 3 is 2.58 bits per heavy atom. The third-order valence-electron chi connectivity index (χ3n) is 6.14. The van der Waals surface area contributed by atoms with E-state index in [0.717, 1.165) is 80.3 Å². The van der Waals surface area contributed by atoms with Crippen molar-refractivity contribution in [3.8, 4) is 11.6 Å². The Hall–Kier alpha value is -3.20. The predicted octanol–water partition coefficient (Wildman–Crippen LogP) is 3.46. The topological polar surface area (TPSA) is 94.5 Å². The van der Waals surface area contributed by atoms with Crippen molar-refractivity contribution in [2.75, 3.05) is 43.1 Å². The molecule has 9 nitrogen and oxygen atoms in total. The summed E-state index contributed by atoms with van der Waals surface area (Å²) >= 11 is 0. The molecule has 0 atom stereocenters. The first-order valence-corrected chi connectivity index (χ1v) is 11.7. The van der Waals surface area contributed by atoms with Crippen LogP contribution in [0.1, 0.15) is 32.6 Å². The average molecular weight is 451 g/mol. The third kappa shape index (κ3) is 5.24. The van der Waals surface area contributed by atoms with Gasteiger partial charge in [-0.1, -0.05) is 0 Å². The fourth-order valence-electron chi connectivity index (χ4n) is 4.45. The molecule has 5 rings (SSSR count). The molecule has 0 unspecified atom stereocenters. The van der Waals surface area contributed by atoms with Gasteiger partial charge in [-0.25, -0.2) is 15.0 Å². The molecule has 1 aliphatic carbocycles. The van der Waals surface area contributed by atoms with Gasteiger partial charge in [0.2, 0.25) is 5.88 Å². The van der Waals surface area contributed by atoms with Gasteiger partial charge in [-0.3, -0.25) is 4.98 Å². The molecule has 0 bridgehead atoms. The van der Waals surface area contributed by atoms with Gasteiger partial charge in [0.05, 0.1) is 43.8 Å². The van der Waals surface area contributed by atoms with E-state index in [1.807, 2.05) is 6.92 Å². The van der Waals surface area contributed by atoms with Gasteiger partial charge in [-0.05, 0) is 38.7 Å². The highest BCUT2D eigenvalue weighted by Crippen LogP contribution is 2.33. The maximum absolute atomic E-state index is 6.51. The van der Waals surface area contributed by atoms with E-state index < -0.39 is 0 Å². The standard InChI is InChI=1S/C24H30N6O3/c1-2-32-23-16-27-22(15-28-23)29-17-3-5-19(6-4-17)33-21-14-18(30-9-11-31-12-10-30)13-20-24(21)26-8-7-25-20/h7-8,13-17,19H,2-6,9-12H2,1H3,(H,27,29). The Morgan fingerprint density at radius 2 is 1.82 bits per heavy atom. The Morgan fingerprint density at radius 1 is 1.00 bits per heavy atom. The molecule has 1 N–H and O–H groups in total. The number of rotatable bonds is 7. The third-order valence-corrected chi connectivity index (χ3v) is 6.14. The smallest absolute Gasteiger partial charge is 0.232 e. The van der Waals surface area contributed by atoms with E-state index in [2.05, 4.69) is 42.3 Å². The number of morpholine rings is 1. The van der Waals surface area contributed by atoms with Gasteiger partial charge in [-0.15, -0.1) is 0 Å². The Balaban J connectivity index is 1.23. The van der Waals surface area contributed by atoms with Crippen LogP contribution in [0.15, 0.2) is 36.9 Å². The molecule has 1 aliphatic heterocycles. The van der Waals surface area contributed by atoms with Crippen LogP contribution >= 0.6 is 0 Å². The number of hydrogen-bond donors (Lipinski definition) is 1. The van der Waals surface area contributed by atoms with Crippen LogP contribution < -0.4 is 19.7 Å². The minimum Gasteiger partial charge on any atom is -0.488 e. The number of aromatic nitrogens is 4. The lowest BCUT2D eigenvalue weighted by molar-refractivity contribution is 0.122. The van der Waals surface area contributed by atoms with Crippen molar-refractivity contribution in [2.24, 2.45) is 0 Å².